The van der Waals surface area contributed by atoms with Gasteiger partial charge in [-0.1, -0.05) is 12.1 Å². The quantitative estimate of drug-likeness (QED) is 0.653. The summed E-state index contributed by atoms with van der Waals surface area (Å²) in [7, 11) is 0. The van der Waals surface area contributed by atoms with Crippen molar-refractivity contribution >= 4 is 27.7 Å². The van der Waals surface area contributed by atoms with Gasteiger partial charge < -0.3 is 9.47 Å². The highest BCUT2D eigenvalue weighted by Crippen LogP contribution is 2.54. The largest absolute Gasteiger partial charge is 0.486 e. The smallest absolute Gasteiger partial charge is 0.140 e. The molecular weight excluding hydrogens is 348 g/mol. The van der Waals surface area contributed by atoms with Crippen molar-refractivity contribution in [3.8, 4) is 5.75 Å². The second-order valence-electron chi connectivity index (χ2n) is 6.92. The maximum Gasteiger partial charge on any atom is 0.140 e. The molecule has 4 atom stereocenters. The van der Waals surface area contributed by atoms with Crippen molar-refractivity contribution in [3.05, 3.63) is 28.2 Å². The van der Waals surface area contributed by atoms with E-state index in [4.69, 9.17) is 9.47 Å². The topological polar surface area (TPSA) is 18.5 Å². The zero-order valence-corrected chi connectivity index (χ0v) is 14.9. The number of ether oxygens (including phenoxy) is 2. The van der Waals surface area contributed by atoms with E-state index in [1.54, 1.807) is 0 Å². The average Bonchev–Trinajstić information content (AvgIpc) is 2.47. The Balaban J connectivity index is 1.75. The third kappa shape index (κ3) is 2.34. The molecule has 2 fully saturated rings. The molecule has 2 saturated heterocycles. The monoisotopic (exact) mass is 368 g/mol. The lowest BCUT2D eigenvalue weighted by Crippen LogP contribution is -2.52. The Kier molecular flexibility index (Phi) is 3.55. The Bertz CT molecular complexity index is 560. The SMILES string of the molecule is CC1(C)Oc2c(Br)cccc2[C@H]2O[C@H]3CCSC[C@H]3C[C@@H]21. The fraction of sp³-hybridized carbons (Fsp3) is 0.647. The van der Waals surface area contributed by atoms with Crippen molar-refractivity contribution in [2.75, 3.05) is 11.5 Å². The second-order valence-corrected chi connectivity index (χ2v) is 8.93. The molecule has 1 aromatic rings. The first-order chi connectivity index (χ1) is 10.1. The summed E-state index contributed by atoms with van der Waals surface area (Å²) in [5.41, 5.74) is 1.06. The molecule has 21 heavy (non-hydrogen) atoms. The summed E-state index contributed by atoms with van der Waals surface area (Å²) >= 11 is 5.72. The molecule has 0 aromatic heterocycles. The van der Waals surface area contributed by atoms with Gasteiger partial charge in [-0.15, -0.1) is 0 Å². The van der Waals surface area contributed by atoms with Gasteiger partial charge in [0.05, 0.1) is 16.7 Å². The number of hydrogen-bond donors (Lipinski definition) is 0. The lowest BCUT2D eigenvalue weighted by molar-refractivity contribution is -0.170. The number of thioether (sulfide) groups is 1. The highest BCUT2D eigenvalue weighted by Gasteiger charge is 2.51. The summed E-state index contributed by atoms with van der Waals surface area (Å²) in [5, 5.41) is 0. The lowest BCUT2D eigenvalue weighted by atomic mass is 9.72. The molecule has 4 heteroatoms. The van der Waals surface area contributed by atoms with E-state index in [0.29, 0.717) is 17.9 Å². The standard InChI is InChI=1S/C17H21BrO2S/c1-17(2)12-8-10-9-21-7-6-14(10)19-15(12)11-4-3-5-13(18)16(11)20-17/h3-5,10,12,14-15H,6-9H2,1-2H3/t10-,12+,14+,15-/m1/s1. The zero-order valence-electron chi connectivity index (χ0n) is 12.5. The Hall–Kier alpha value is -0.190. The van der Waals surface area contributed by atoms with Crippen molar-refractivity contribution in [3.63, 3.8) is 0 Å². The first-order valence-electron chi connectivity index (χ1n) is 7.77. The normalized spacial score (nSPS) is 36.9. The minimum Gasteiger partial charge on any atom is -0.486 e. The predicted octanol–water partition coefficient (Wildman–Crippen LogP) is 4.82. The fourth-order valence-corrected chi connectivity index (χ4v) is 5.73. The zero-order chi connectivity index (χ0) is 14.6. The molecule has 0 aliphatic carbocycles. The van der Waals surface area contributed by atoms with Crippen LogP contribution in [-0.2, 0) is 4.74 Å². The Morgan fingerprint density at radius 3 is 3.05 bits per heavy atom. The molecule has 3 heterocycles. The Morgan fingerprint density at radius 1 is 1.33 bits per heavy atom. The van der Waals surface area contributed by atoms with Crippen LogP contribution in [0.25, 0.3) is 0 Å². The summed E-state index contributed by atoms with van der Waals surface area (Å²) in [6.07, 6.45) is 3.05. The van der Waals surface area contributed by atoms with Crippen molar-refractivity contribution < 1.29 is 9.47 Å². The van der Waals surface area contributed by atoms with Crippen LogP contribution in [0.1, 0.15) is 38.4 Å². The van der Waals surface area contributed by atoms with Gasteiger partial charge in [-0.3, -0.25) is 0 Å². The molecule has 0 saturated carbocycles. The van der Waals surface area contributed by atoms with Crippen LogP contribution in [0, 0.1) is 11.8 Å². The minimum atomic E-state index is -0.172. The van der Waals surface area contributed by atoms with E-state index >= 15 is 0 Å². The van der Waals surface area contributed by atoms with E-state index < -0.39 is 0 Å². The Morgan fingerprint density at radius 2 is 2.19 bits per heavy atom. The van der Waals surface area contributed by atoms with Crippen LogP contribution in [0.2, 0.25) is 0 Å². The summed E-state index contributed by atoms with van der Waals surface area (Å²) in [5.74, 6) is 4.60. The van der Waals surface area contributed by atoms with E-state index in [1.807, 2.05) is 0 Å². The molecule has 0 bridgehead atoms. The maximum absolute atomic E-state index is 6.60. The van der Waals surface area contributed by atoms with Crippen LogP contribution in [0.15, 0.2) is 22.7 Å². The van der Waals surface area contributed by atoms with E-state index in [-0.39, 0.29) is 11.7 Å². The van der Waals surface area contributed by atoms with E-state index in [0.717, 1.165) is 10.2 Å². The molecule has 0 unspecified atom stereocenters. The predicted molar refractivity (Wildman–Crippen MR) is 90.0 cm³/mol. The summed E-state index contributed by atoms with van der Waals surface area (Å²) in [4.78, 5) is 0. The van der Waals surface area contributed by atoms with Crippen LogP contribution in [0.3, 0.4) is 0 Å². The van der Waals surface area contributed by atoms with Crippen molar-refractivity contribution in [2.45, 2.75) is 44.5 Å². The number of para-hydroxylation sites is 1. The molecule has 0 spiro atoms. The highest BCUT2D eigenvalue weighted by molar-refractivity contribution is 9.10. The van der Waals surface area contributed by atoms with Gasteiger partial charge >= 0.3 is 0 Å². The number of rotatable bonds is 0. The molecule has 3 aliphatic rings. The molecule has 4 rings (SSSR count). The molecule has 0 radical (unpaired) electrons. The summed E-state index contributed by atoms with van der Waals surface area (Å²) in [6, 6.07) is 6.32. The summed E-state index contributed by atoms with van der Waals surface area (Å²) in [6.45, 7) is 4.43. The highest BCUT2D eigenvalue weighted by atomic mass is 79.9. The first kappa shape index (κ1) is 14.4. The van der Waals surface area contributed by atoms with Gasteiger partial charge in [0.2, 0.25) is 0 Å². The van der Waals surface area contributed by atoms with E-state index in [9.17, 15) is 0 Å². The van der Waals surface area contributed by atoms with Crippen molar-refractivity contribution in [1.82, 2.24) is 0 Å². The summed E-state index contributed by atoms with van der Waals surface area (Å²) < 4.78 is 14.0. The van der Waals surface area contributed by atoms with Crippen molar-refractivity contribution in [2.24, 2.45) is 11.8 Å². The van der Waals surface area contributed by atoms with Gasteiger partial charge in [0, 0.05) is 11.5 Å². The number of benzene rings is 1. The molecule has 0 N–H and O–H groups in total. The van der Waals surface area contributed by atoms with Crippen LogP contribution in [0.5, 0.6) is 5.75 Å². The molecule has 2 nitrogen and oxygen atoms in total. The van der Waals surface area contributed by atoms with Gasteiger partial charge in [-0.2, -0.15) is 11.8 Å². The fourth-order valence-electron chi connectivity index (χ4n) is 4.04. The molecule has 3 aliphatic heterocycles. The molecule has 114 valence electrons. The second kappa shape index (κ2) is 5.17. The minimum absolute atomic E-state index is 0.172. The number of fused-ring (bicyclic) bond motifs is 4. The van der Waals surface area contributed by atoms with Gasteiger partial charge in [-0.05, 0) is 66.1 Å². The van der Waals surface area contributed by atoms with Crippen LogP contribution in [-0.4, -0.2) is 23.2 Å². The number of hydrogen-bond acceptors (Lipinski definition) is 3. The van der Waals surface area contributed by atoms with Gasteiger partial charge in [-0.25, -0.2) is 0 Å². The maximum atomic E-state index is 6.60. The van der Waals surface area contributed by atoms with Crippen molar-refractivity contribution in [1.29, 1.82) is 0 Å². The number of halogens is 1. The Labute approximate surface area is 139 Å². The van der Waals surface area contributed by atoms with Gasteiger partial charge in [0.25, 0.3) is 0 Å². The van der Waals surface area contributed by atoms with Gasteiger partial charge in [0.15, 0.2) is 0 Å². The lowest BCUT2D eigenvalue weighted by Gasteiger charge is -2.52. The third-order valence-corrected chi connectivity index (χ3v) is 7.02. The molecule has 0 amide bonds. The van der Waals surface area contributed by atoms with E-state index in [1.165, 1.54) is 29.9 Å². The van der Waals surface area contributed by atoms with Gasteiger partial charge in [0.1, 0.15) is 11.4 Å². The van der Waals surface area contributed by atoms with Crippen LogP contribution >= 0.6 is 27.7 Å². The third-order valence-electron chi connectivity index (χ3n) is 5.21. The molecular formula is C17H21BrO2S. The van der Waals surface area contributed by atoms with Crippen LogP contribution in [0.4, 0.5) is 0 Å². The van der Waals surface area contributed by atoms with E-state index in [2.05, 4.69) is 59.7 Å². The first-order valence-corrected chi connectivity index (χ1v) is 9.71. The van der Waals surface area contributed by atoms with Crippen LogP contribution < -0.4 is 4.74 Å². The molecule has 1 aromatic carbocycles. The average molecular weight is 369 g/mol.